The molecular formula is C21H19N5O3. The molecule has 8 heteroatoms. The summed E-state index contributed by atoms with van der Waals surface area (Å²) in [5.41, 5.74) is 7.52. The van der Waals surface area contributed by atoms with Crippen LogP contribution in [0.5, 0.6) is 0 Å². The molecule has 2 aromatic heterocycles. The van der Waals surface area contributed by atoms with Crippen LogP contribution in [0, 0.1) is 11.8 Å². The largest absolute Gasteiger partial charge is 0.368 e. The first-order valence-electron chi connectivity index (χ1n) is 9.53. The fraction of sp³-hybridized carbons (Fsp3) is 0.333. The van der Waals surface area contributed by atoms with E-state index >= 15 is 0 Å². The molecule has 0 saturated carbocycles. The maximum atomic E-state index is 13.0. The van der Waals surface area contributed by atoms with Crippen molar-refractivity contribution in [3.63, 3.8) is 0 Å². The van der Waals surface area contributed by atoms with Gasteiger partial charge in [-0.3, -0.25) is 9.36 Å². The van der Waals surface area contributed by atoms with Crippen molar-refractivity contribution in [1.29, 1.82) is 0 Å². The molecule has 2 aliphatic heterocycles. The van der Waals surface area contributed by atoms with Crippen LogP contribution >= 0.6 is 0 Å². The minimum absolute atomic E-state index is 0.0357. The maximum Gasteiger partial charge on any atom is 0.261 e. The number of fused-ring (bicyclic) bond motifs is 2. The molecule has 3 aromatic rings. The van der Waals surface area contributed by atoms with Crippen LogP contribution in [-0.2, 0) is 22.4 Å². The fourth-order valence-electron chi connectivity index (χ4n) is 3.81. The van der Waals surface area contributed by atoms with Crippen LogP contribution < -0.4 is 11.3 Å². The molecule has 1 fully saturated rings. The lowest BCUT2D eigenvalue weighted by Crippen LogP contribution is -2.31. The second kappa shape index (κ2) is 6.95. The van der Waals surface area contributed by atoms with E-state index in [-0.39, 0.29) is 11.5 Å². The number of hydrogen-bond acceptors (Lipinski definition) is 7. The van der Waals surface area contributed by atoms with Gasteiger partial charge in [0.15, 0.2) is 5.79 Å². The minimum atomic E-state index is -0.579. The van der Waals surface area contributed by atoms with E-state index in [0.717, 1.165) is 11.4 Å². The molecule has 1 aromatic carbocycles. The molecule has 0 atom stereocenters. The van der Waals surface area contributed by atoms with Crippen molar-refractivity contribution < 1.29 is 9.47 Å². The van der Waals surface area contributed by atoms with Crippen LogP contribution in [0.25, 0.3) is 10.9 Å². The Kier molecular flexibility index (Phi) is 4.27. The smallest absolute Gasteiger partial charge is 0.261 e. The fourth-order valence-corrected chi connectivity index (χ4v) is 3.81. The quantitative estimate of drug-likeness (QED) is 0.577. The molecule has 146 valence electrons. The Morgan fingerprint density at radius 1 is 1.07 bits per heavy atom. The van der Waals surface area contributed by atoms with Gasteiger partial charge in [-0.1, -0.05) is 11.8 Å². The number of hydrogen-bond donors (Lipinski definition) is 1. The Hall–Kier alpha value is -3.28. The van der Waals surface area contributed by atoms with Gasteiger partial charge in [-0.05, 0) is 18.2 Å². The molecule has 0 amide bonds. The number of nitrogens with two attached hydrogens (primary N) is 1. The third-order valence-corrected chi connectivity index (χ3v) is 5.32. The molecule has 2 aliphatic rings. The number of ether oxygens (including phenoxy) is 2. The van der Waals surface area contributed by atoms with Gasteiger partial charge in [-0.15, -0.1) is 0 Å². The molecule has 0 aliphatic carbocycles. The SMILES string of the molecule is Nc1ncc(C#Cc2ccc3c(=O)n4c(nc3c2)CCC2(CC4)OCCO2)cn1. The van der Waals surface area contributed by atoms with Crippen molar-refractivity contribution in [2.75, 3.05) is 18.9 Å². The standard InChI is InChI=1S/C21H19N5O3/c22-20-23-12-15(13-24-20)2-1-14-3-4-16-17(11-14)25-18-5-6-21(28-9-10-29-21)7-8-26(18)19(16)27/h3-4,11-13H,5-10H2,(H2,22,23,24). The summed E-state index contributed by atoms with van der Waals surface area (Å²) in [5.74, 6) is 6.45. The number of anilines is 1. The van der Waals surface area contributed by atoms with E-state index in [1.807, 2.05) is 12.1 Å². The first-order valence-corrected chi connectivity index (χ1v) is 9.53. The van der Waals surface area contributed by atoms with E-state index in [1.165, 1.54) is 0 Å². The summed E-state index contributed by atoms with van der Waals surface area (Å²) in [7, 11) is 0. The summed E-state index contributed by atoms with van der Waals surface area (Å²) in [6.07, 6.45) is 5.12. The highest BCUT2D eigenvalue weighted by Crippen LogP contribution is 2.31. The second-order valence-electron chi connectivity index (χ2n) is 7.15. The third kappa shape index (κ3) is 3.35. The summed E-state index contributed by atoms with van der Waals surface area (Å²) >= 11 is 0. The summed E-state index contributed by atoms with van der Waals surface area (Å²) < 4.78 is 13.4. The zero-order chi connectivity index (χ0) is 19.8. The lowest BCUT2D eigenvalue weighted by molar-refractivity contribution is -0.165. The average Bonchev–Trinajstić information content (AvgIpc) is 3.12. The van der Waals surface area contributed by atoms with Gasteiger partial charge in [-0.2, -0.15) is 0 Å². The maximum absolute atomic E-state index is 13.0. The Labute approximate surface area is 166 Å². The van der Waals surface area contributed by atoms with Gasteiger partial charge < -0.3 is 15.2 Å². The first-order chi connectivity index (χ1) is 14.1. The molecule has 0 radical (unpaired) electrons. The van der Waals surface area contributed by atoms with E-state index in [9.17, 15) is 4.79 Å². The molecule has 5 rings (SSSR count). The molecule has 2 N–H and O–H groups in total. The van der Waals surface area contributed by atoms with Gasteiger partial charge >= 0.3 is 0 Å². The van der Waals surface area contributed by atoms with Crippen LogP contribution in [0.2, 0.25) is 0 Å². The van der Waals surface area contributed by atoms with Crippen molar-refractivity contribution in [3.05, 3.63) is 57.9 Å². The van der Waals surface area contributed by atoms with Crippen molar-refractivity contribution in [1.82, 2.24) is 19.5 Å². The van der Waals surface area contributed by atoms with Crippen LogP contribution in [0.15, 0.2) is 35.4 Å². The highest BCUT2D eigenvalue weighted by molar-refractivity contribution is 5.79. The first kappa shape index (κ1) is 17.8. The van der Waals surface area contributed by atoms with Crippen LogP contribution in [0.4, 0.5) is 5.95 Å². The lowest BCUT2D eigenvalue weighted by atomic mass is 10.1. The van der Waals surface area contributed by atoms with E-state index < -0.39 is 5.79 Å². The second-order valence-corrected chi connectivity index (χ2v) is 7.15. The molecule has 1 spiro atoms. The zero-order valence-corrected chi connectivity index (χ0v) is 15.7. The predicted octanol–water partition coefficient (Wildman–Crippen LogP) is 1.25. The number of rotatable bonds is 0. The summed E-state index contributed by atoms with van der Waals surface area (Å²) in [6, 6.07) is 5.45. The molecule has 1 saturated heterocycles. The van der Waals surface area contributed by atoms with Crippen LogP contribution in [0.1, 0.15) is 29.8 Å². The van der Waals surface area contributed by atoms with Crippen LogP contribution in [0.3, 0.4) is 0 Å². The predicted molar refractivity (Wildman–Crippen MR) is 106 cm³/mol. The monoisotopic (exact) mass is 389 g/mol. The van der Waals surface area contributed by atoms with E-state index in [0.29, 0.717) is 55.5 Å². The van der Waals surface area contributed by atoms with Gasteiger partial charge in [0.05, 0.1) is 29.7 Å². The number of nitrogens with zero attached hydrogens (tertiary/aromatic N) is 4. The van der Waals surface area contributed by atoms with Gasteiger partial charge in [0.1, 0.15) is 5.82 Å². The zero-order valence-electron chi connectivity index (χ0n) is 15.7. The Morgan fingerprint density at radius 3 is 2.62 bits per heavy atom. The normalized spacial score (nSPS) is 17.5. The topological polar surface area (TPSA) is 105 Å². The molecule has 0 bridgehead atoms. The molecular weight excluding hydrogens is 370 g/mol. The molecule has 8 nitrogen and oxygen atoms in total. The van der Waals surface area contributed by atoms with Crippen molar-refractivity contribution in [2.45, 2.75) is 31.6 Å². The number of aryl methyl sites for hydroxylation is 1. The highest BCUT2D eigenvalue weighted by atomic mass is 16.7. The number of nitrogen functional groups attached to an aromatic ring is 1. The number of benzene rings is 1. The Morgan fingerprint density at radius 2 is 1.83 bits per heavy atom. The van der Waals surface area contributed by atoms with E-state index in [1.54, 1.807) is 23.0 Å². The summed E-state index contributed by atoms with van der Waals surface area (Å²) in [6.45, 7) is 1.74. The van der Waals surface area contributed by atoms with Gasteiger partial charge in [0.25, 0.3) is 5.56 Å². The van der Waals surface area contributed by atoms with Gasteiger partial charge in [0, 0.05) is 43.8 Å². The molecule has 4 heterocycles. The van der Waals surface area contributed by atoms with Crippen molar-refractivity contribution >= 4 is 16.9 Å². The van der Waals surface area contributed by atoms with E-state index in [2.05, 4.69) is 21.8 Å². The van der Waals surface area contributed by atoms with Gasteiger partial charge in [-0.25, -0.2) is 15.0 Å². The average molecular weight is 389 g/mol. The highest BCUT2D eigenvalue weighted by Gasteiger charge is 2.38. The Bertz CT molecular complexity index is 1200. The lowest BCUT2D eigenvalue weighted by Gasteiger charge is -2.24. The van der Waals surface area contributed by atoms with Crippen molar-refractivity contribution in [3.8, 4) is 11.8 Å². The summed E-state index contributed by atoms with van der Waals surface area (Å²) in [5, 5.41) is 0.583. The third-order valence-electron chi connectivity index (χ3n) is 5.32. The van der Waals surface area contributed by atoms with E-state index in [4.69, 9.17) is 20.2 Å². The minimum Gasteiger partial charge on any atom is -0.368 e. The number of aromatic nitrogens is 4. The van der Waals surface area contributed by atoms with Crippen LogP contribution in [-0.4, -0.2) is 38.5 Å². The molecule has 29 heavy (non-hydrogen) atoms. The van der Waals surface area contributed by atoms with Gasteiger partial charge in [0.2, 0.25) is 5.95 Å². The Balaban J connectivity index is 1.50. The molecule has 0 unspecified atom stereocenters. The summed E-state index contributed by atoms with van der Waals surface area (Å²) in [4.78, 5) is 25.6. The van der Waals surface area contributed by atoms with Crippen molar-refractivity contribution in [2.24, 2.45) is 0 Å².